The fourth-order valence-electron chi connectivity index (χ4n) is 2.69. The monoisotopic (exact) mass is 285 g/mol. The maximum absolute atomic E-state index is 11.4. The lowest BCUT2D eigenvalue weighted by atomic mass is 10.1. The molecule has 0 spiro atoms. The maximum Gasteiger partial charge on any atom is 0.303 e. The van der Waals surface area contributed by atoms with Gasteiger partial charge in [0.2, 0.25) is 0 Å². The number of nitrogens with zero attached hydrogens (tertiary/aromatic N) is 1. The number of aliphatic carboxylic acids is 1. The van der Waals surface area contributed by atoms with Crippen molar-refractivity contribution in [2.24, 2.45) is 0 Å². The van der Waals surface area contributed by atoms with E-state index in [1.807, 2.05) is 48.7 Å². The maximum atomic E-state index is 11.4. The Balaban J connectivity index is 2.38. The number of carboxylic acids is 1. The number of carbonyl (C=O) groups excluding carboxylic acids is 1. The fraction of sp³-hybridized carbons (Fsp3) is 0.294. The van der Waals surface area contributed by atoms with Crippen LogP contribution in [-0.4, -0.2) is 21.9 Å². The van der Waals surface area contributed by atoms with Gasteiger partial charge in [0.25, 0.3) is 0 Å². The van der Waals surface area contributed by atoms with E-state index in [0.717, 1.165) is 28.7 Å². The first kappa shape index (κ1) is 15.0. The molecule has 0 bridgehead atoms. The number of benzene rings is 1. The van der Waals surface area contributed by atoms with Crippen molar-refractivity contribution in [3.8, 4) is 0 Å². The summed E-state index contributed by atoms with van der Waals surface area (Å²) in [7, 11) is 0. The molecule has 0 atom stereocenters. The van der Waals surface area contributed by atoms with Crippen LogP contribution in [0.25, 0.3) is 0 Å². The number of hydrogen-bond acceptors (Lipinski definition) is 2. The molecule has 21 heavy (non-hydrogen) atoms. The summed E-state index contributed by atoms with van der Waals surface area (Å²) in [4.78, 5) is 22.2. The second-order valence-corrected chi connectivity index (χ2v) is 5.16. The standard InChI is InChI=1S/C17H19NO3/c1-12-15(8-9-17(20)21)13(2)18(16(12)11-19)10-14-6-4-3-5-7-14/h3-7,11H,8-10H2,1-2H3,(H,20,21). The third-order valence-electron chi connectivity index (χ3n) is 3.85. The lowest BCUT2D eigenvalue weighted by molar-refractivity contribution is -0.136. The molecule has 0 saturated carbocycles. The predicted octanol–water partition coefficient (Wildman–Crippen LogP) is 2.98. The lowest BCUT2D eigenvalue weighted by Crippen LogP contribution is -2.06. The molecule has 4 nitrogen and oxygen atoms in total. The van der Waals surface area contributed by atoms with Crippen LogP contribution in [0.15, 0.2) is 30.3 Å². The van der Waals surface area contributed by atoms with Gasteiger partial charge in [-0.15, -0.1) is 0 Å². The molecule has 0 aliphatic carbocycles. The summed E-state index contributed by atoms with van der Waals surface area (Å²) < 4.78 is 1.97. The van der Waals surface area contributed by atoms with Crippen molar-refractivity contribution >= 4 is 12.3 Å². The summed E-state index contributed by atoms with van der Waals surface area (Å²) >= 11 is 0. The quantitative estimate of drug-likeness (QED) is 0.830. The summed E-state index contributed by atoms with van der Waals surface area (Å²) in [6, 6.07) is 9.91. The van der Waals surface area contributed by atoms with Gasteiger partial charge in [0.15, 0.2) is 6.29 Å². The molecule has 0 amide bonds. The van der Waals surface area contributed by atoms with E-state index < -0.39 is 5.97 Å². The number of carbonyl (C=O) groups is 2. The van der Waals surface area contributed by atoms with Gasteiger partial charge in [-0.25, -0.2) is 0 Å². The highest BCUT2D eigenvalue weighted by Crippen LogP contribution is 2.23. The first-order valence-corrected chi connectivity index (χ1v) is 6.94. The molecule has 2 rings (SSSR count). The molecule has 1 aromatic heterocycles. The SMILES string of the molecule is Cc1c(CCC(=O)O)c(C)n(Cc2ccccc2)c1C=O. The van der Waals surface area contributed by atoms with Crippen LogP contribution in [0.2, 0.25) is 0 Å². The Kier molecular flexibility index (Phi) is 4.58. The number of hydrogen-bond donors (Lipinski definition) is 1. The van der Waals surface area contributed by atoms with Crippen molar-refractivity contribution in [2.45, 2.75) is 33.2 Å². The molecule has 2 aromatic rings. The number of rotatable bonds is 6. The van der Waals surface area contributed by atoms with Gasteiger partial charge in [0.05, 0.1) is 5.69 Å². The van der Waals surface area contributed by atoms with Gasteiger partial charge < -0.3 is 9.67 Å². The zero-order valence-corrected chi connectivity index (χ0v) is 12.3. The van der Waals surface area contributed by atoms with E-state index in [9.17, 15) is 9.59 Å². The summed E-state index contributed by atoms with van der Waals surface area (Å²) in [5.41, 5.74) is 4.58. The molecule has 0 fully saturated rings. The average Bonchev–Trinajstić information content (AvgIpc) is 2.69. The van der Waals surface area contributed by atoms with Crippen LogP contribution in [0.4, 0.5) is 0 Å². The third kappa shape index (κ3) is 3.21. The van der Waals surface area contributed by atoms with Gasteiger partial charge in [-0.05, 0) is 37.0 Å². The normalized spacial score (nSPS) is 10.6. The van der Waals surface area contributed by atoms with Crippen LogP contribution in [0.3, 0.4) is 0 Å². The highest BCUT2D eigenvalue weighted by molar-refractivity contribution is 5.77. The highest BCUT2D eigenvalue weighted by Gasteiger charge is 2.17. The van der Waals surface area contributed by atoms with Crippen LogP contribution in [-0.2, 0) is 17.8 Å². The minimum atomic E-state index is -0.822. The second-order valence-electron chi connectivity index (χ2n) is 5.16. The van der Waals surface area contributed by atoms with E-state index in [0.29, 0.717) is 18.7 Å². The van der Waals surface area contributed by atoms with Crippen LogP contribution in [0.5, 0.6) is 0 Å². The Morgan fingerprint density at radius 3 is 2.48 bits per heavy atom. The smallest absolute Gasteiger partial charge is 0.303 e. The van der Waals surface area contributed by atoms with Crippen LogP contribution in [0, 0.1) is 13.8 Å². The van der Waals surface area contributed by atoms with E-state index in [1.165, 1.54) is 0 Å². The van der Waals surface area contributed by atoms with Crippen molar-refractivity contribution in [2.75, 3.05) is 0 Å². The van der Waals surface area contributed by atoms with Gasteiger partial charge in [-0.2, -0.15) is 0 Å². The molecular weight excluding hydrogens is 266 g/mol. The average molecular weight is 285 g/mol. The lowest BCUT2D eigenvalue weighted by Gasteiger charge is -2.09. The number of carboxylic acid groups (broad SMARTS) is 1. The van der Waals surface area contributed by atoms with Crippen molar-refractivity contribution in [3.05, 3.63) is 58.4 Å². The van der Waals surface area contributed by atoms with E-state index in [1.54, 1.807) is 0 Å². The zero-order valence-electron chi connectivity index (χ0n) is 12.3. The van der Waals surface area contributed by atoms with E-state index >= 15 is 0 Å². The van der Waals surface area contributed by atoms with Gasteiger partial charge in [-0.3, -0.25) is 9.59 Å². The van der Waals surface area contributed by atoms with Crippen molar-refractivity contribution in [1.29, 1.82) is 0 Å². The molecule has 0 radical (unpaired) electrons. The van der Waals surface area contributed by atoms with Gasteiger partial charge >= 0.3 is 5.97 Å². The first-order chi connectivity index (χ1) is 10.0. The Bertz CT molecular complexity index is 656. The van der Waals surface area contributed by atoms with E-state index in [2.05, 4.69) is 0 Å². The molecule has 1 aromatic carbocycles. The molecule has 0 aliphatic rings. The Labute approximate surface area is 124 Å². The number of aldehydes is 1. The predicted molar refractivity (Wildman–Crippen MR) is 80.8 cm³/mol. The van der Waals surface area contributed by atoms with E-state index in [-0.39, 0.29) is 6.42 Å². The minimum absolute atomic E-state index is 0.0787. The summed E-state index contributed by atoms with van der Waals surface area (Å²) in [5, 5.41) is 8.85. The molecule has 110 valence electrons. The molecule has 4 heteroatoms. The number of aromatic nitrogens is 1. The molecular formula is C17H19NO3. The second kappa shape index (κ2) is 6.39. The molecule has 1 N–H and O–H groups in total. The minimum Gasteiger partial charge on any atom is -0.481 e. The van der Waals surface area contributed by atoms with Crippen LogP contribution < -0.4 is 0 Å². The summed E-state index contributed by atoms with van der Waals surface area (Å²) in [6.45, 7) is 4.45. The molecule has 0 aliphatic heterocycles. The Morgan fingerprint density at radius 1 is 1.24 bits per heavy atom. The largest absolute Gasteiger partial charge is 0.481 e. The van der Waals surface area contributed by atoms with E-state index in [4.69, 9.17) is 5.11 Å². The van der Waals surface area contributed by atoms with Crippen LogP contribution >= 0.6 is 0 Å². The first-order valence-electron chi connectivity index (χ1n) is 6.94. The third-order valence-corrected chi connectivity index (χ3v) is 3.85. The Morgan fingerprint density at radius 2 is 1.90 bits per heavy atom. The van der Waals surface area contributed by atoms with Crippen molar-refractivity contribution < 1.29 is 14.7 Å². The topological polar surface area (TPSA) is 59.3 Å². The fourth-order valence-corrected chi connectivity index (χ4v) is 2.69. The summed E-state index contributed by atoms with van der Waals surface area (Å²) in [6.07, 6.45) is 1.39. The highest BCUT2D eigenvalue weighted by atomic mass is 16.4. The van der Waals surface area contributed by atoms with Crippen molar-refractivity contribution in [3.63, 3.8) is 0 Å². The van der Waals surface area contributed by atoms with Gasteiger partial charge in [-0.1, -0.05) is 30.3 Å². The zero-order chi connectivity index (χ0) is 15.4. The molecule has 0 saturated heterocycles. The van der Waals surface area contributed by atoms with Gasteiger partial charge in [0.1, 0.15) is 0 Å². The molecule has 0 unspecified atom stereocenters. The Hall–Kier alpha value is -2.36. The van der Waals surface area contributed by atoms with Gasteiger partial charge in [0, 0.05) is 18.7 Å². The molecule has 1 heterocycles. The summed E-state index contributed by atoms with van der Waals surface area (Å²) in [5.74, 6) is -0.822. The van der Waals surface area contributed by atoms with Crippen LogP contribution in [0.1, 0.15) is 39.3 Å². The van der Waals surface area contributed by atoms with Crippen molar-refractivity contribution in [1.82, 2.24) is 4.57 Å².